The van der Waals surface area contributed by atoms with Crippen molar-refractivity contribution < 1.29 is 75.8 Å². The van der Waals surface area contributed by atoms with Gasteiger partial charge in [-0.15, -0.1) is 82.3 Å². The van der Waals surface area contributed by atoms with Crippen molar-refractivity contribution in [2.24, 2.45) is 11.7 Å². The predicted molar refractivity (Wildman–Crippen MR) is 555 cm³/mol. The molecular weight excluding hydrogens is 1940 g/mol. The fraction of sp³-hybridized carbons (Fsp3) is 0.317. The van der Waals surface area contributed by atoms with Gasteiger partial charge in [0.05, 0.1) is 12.9 Å². The molecular formula is C104H115N13O16S8. The number of fused-ring (bicyclic) bond motifs is 7. The smallest absolute Gasteiger partial charge is 0.396 e. The van der Waals surface area contributed by atoms with Crippen LogP contribution in [0.5, 0.6) is 0 Å². The van der Waals surface area contributed by atoms with E-state index in [0.717, 1.165) is 122 Å². The highest BCUT2D eigenvalue weighted by Gasteiger charge is 2.33. The molecule has 0 bridgehead atoms. The summed E-state index contributed by atoms with van der Waals surface area (Å²) in [6.07, 6.45) is 6.77. The number of hydrogen-bond donors (Lipinski definition) is 5. The molecule has 0 radical (unpaired) electrons. The number of aliphatic carboxylic acids is 1. The molecule has 1 fully saturated rings. The maximum Gasteiger partial charge on any atom is 0.396 e. The van der Waals surface area contributed by atoms with Gasteiger partial charge >= 0.3 is 71.0 Å². The van der Waals surface area contributed by atoms with Gasteiger partial charge in [-0.2, -0.15) is 4.31 Å². The molecule has 0 aliphatic carbocycles. The number of sulfonamides is 1. The first kappa shape index (κ1) is 108. The second-order valence-corrected chi connectivity index (χ2v) is 43.1. The molecule has 8 aliphatic heterocycles. The second kappa shape index (κ2) is 56.1. The molecule has 740 valence electrons. The molecule has 9 heterocycles. The number of anilines is 1. The van der Waals surface area contributed by atoms with Crippen molar-refractivity contribution in [2.75, 3.05) is 130 Å². The summed E-state index contributed by atoms with van der Waals surface area (Å²) in [7, 11) is -2.01. The van der Waals surface area contributed by atoms with Crippen molar-refractivity contribution in [2.45, 2.75) is 113 Å². The lowest BCUT2D eigenvalue weighted by molar-refractivity contribution is -0.158. The van der Waals surface area contributed by atoms with Crippen molar-refractivity contribution in [3.8, 4) is 0 Å². The molecule has 141 heavy (non-hydrogen) atoms. The fourth-order valence-corrected chi connectivity index (χ4v) is 24.6. The third-order valence-electron chi connectivity index (χ3n) is 23.4. The molecule has 29 nitrogen and oxygen atoms in total. The number of nitrogens with one attached hydrogen (secondary N) is 3. The Kier molecular flexibility index (Phi) is 42.9. The zero-order valence-electron chi connectivity index (χ0n) is 78.5. The molecule has 6 N–H and O–H groups in total. The van der Waals surface area contributed by atoms with E-state index in [9.17, 15) is 66.0 Å². The van der Waals surface area contributed by atoms with E-state index in [1.807, 2.05) is 176 Å². The Labute approximate surface area is 852 Å². The third kappa shape index (κ3) is 33.4. The van der Waals surface area contributed by atoms with Gasteiger partial charge in [0.15, 0.2) is 0 Å². The highest BCUT2D eigenvalue weighted by molar-refractivity contribution is 8.00. The van der Waals surface area contributed by atoms with Gasteiger partial charge in [-0.1, -0.05) is 176 Å². The molecule has 18 rings (SSSR count). The van der Waals surface area contributed by atoms with E-state index in [1.54, 1.807) is 133 Å². The minimum absolute atomic E-state index is 0.225. The summed E-state index contributed by atoms with van der Waals surface area (Å²) in [6.45, 7) is 12.5. The average Bonchev–Trinajstić information content (AvgIpc) is 1.72. The van der Waals surface area contributed by atoms with Crippen LogP contribution in [-0.4, -0.2) is 253 Å². The van der Waals surface area contributed by atoms with Crippen LogP contribution in [0.4, 0.5) is 5.69 Å². The lowest BCUT2D eigenvalue weighted by Crippen LogP contribution is -2.43. The number of carboxylic acid groups (broad SMARTS) is 1. The average molecular weight is 2060 g/mol. The number of carboxylic acids is 1. The minimum Gasteiger partial charge on any atom is -0.474 e. The molecule has 0 unspecified atom stereocenters. The number of rotatable bonds is 10. The lowest BCUT2D eigenvalue weighted by atomic mass is 9.90. The zero-order valence-corrected chi connectivity index (χ0v) is 85.0. The van der Waals surface area contributed by atoms with Crippen LogP contribution < -0.4 is 21.7 Å². The number of likely N-dealkylation sites (N-methyl/N-ethyl adjacent to an activating group) is 1. The summed E-state index contributed by atoms with van der Waals surface area (Å²) in [5.74, 6) is -1.64. The number of ether oxygens (including phenoxy) is 1. The number of carbonyl (C=O) groups is 12. The molecule has 8 aliphatic rings. The number of benzene rings is 9. The Morgan fingerprint density at radius 3 is 1.06 bits per heavy atom. The quantitative estimate of drug-likeness (QED) is 0.0627. The van der Waals surface area contributed by atoms with Crippen LogP contribution >= 0.6 is 82.3 Å². The maximum atomic E-state index is 13.0. The number of carbonyl (C=O) groups excluding carboxylic acids is 11. The molecule has 0 atom stereocenters. The number of thioether (sulfide) groups is 7. The third-order valence-corrected chi connectivity index (χ3v) is 32.9. The summed E-state index contributed by atoms with van der Waals surface area (Å²) in [6, 6.07) is 79.1. The monoisotopic (exact) mass is 2060 g/mol. The number of nitrogens with two attached hydrogens (primary N) is 1. The number of pyridine rings is 1. The van der Waals surface area contributed by atoms with Crippen LogP contribution in [0.25, 0.3) is 0 Å². The van der Waals surface area contributed by atoms with Gasteiger partial charge in [0.1, 0.15) is 0 Å². The van der Waals surface area contributed by atoms with E-state index in [0.29, 0.717) is 123 Å². The Balaban J connectivity index is 0.000000149. The van der Waals surface area contributed by atoms with E-state index >= 15 is 0 Å². The van der Waals surface area contributed by atoms with Crippen molar-refractivity contribution in [3.05, 3.63) is 305 Å². The van der Waals surface area contributed by atoms with E-state index < -0.39 is 81.0 Å². The van der Waals surface area contributed by atoms with Crippen LogP contribution in [0.15, 0.2) is 289 Å². The predicted octanol–water partition coefficient (Wildman–Crippen LogP) is 12.8. The number of piperidine rings is 1. The fourth-order valence-electron chi connectivity index (χ4n) is 15.9. The first-order valence-electron chi connectivity index (χ1n) is 46.2. The summed E-state index contributed by atoms with van der Waals surface area (Å²) in [4.78, 5) is 164. The Hall–Kier alpha value is -11.9. The van der Waals surface area contributed by atoms with Crippen LogP contribution in [0.2, 0.25) is 0 Å². The molecule has 10 amide bonds. The summed E-state index contributed by atoms with van der Waals surface area (Å²) >= 11 is 12.0. The van der Waals surface area contributed by atoms with E-state index in [-0.39, 0.29) is 5.75 Å². The van der Waals surface area contributed by atoms with Crippen LogP contribution in [-0.2, 0) is 131 Å². The number of primary amides is 1. The Bertz CT molecular complexity index is 6000. The topological polar surface area (TPSA) is 369 Å². The number of likely N-dealkylation sites (tertiary alicyclic amines) is 1. The summed E-state index contributed by atoms with van der Waals surface area (Å²) in [5, 5.41) is 16.5. The van der Waals surface area contributed by atoms with E-state index in [2.05, 4.69) is 85.2 Å². The van der Waals surface area contributed by atoms with Crippen LogP contribution in [0.3, 0.4) is 0 Å². The Morgan fingerprint density at radius 1 is 0.376 bits per heavy atom. The van der Waals surface area contributed by atoms with Gasteiger partial charge in [-0.05, 0) is 162 Å². The minimum atomic E-state index is -3.23. The van der Waals surface area contributed by atoms with E-state index in [1.165, 1.54) is 56.7 Å². The second-order valence-electron chi connectivity index (χ2n) is 33.1. The molecule has 0 spiro atoms. The first-order chi connectivity index (χ1) is 68.4. The number of methoxy groups -OCH3 is 1. The number of hydrogen-bond acceptors (Lipinski definition) is 24. The van der Waals surface area contributed by atoms with Crippen molar-refractivity contribution in [3.63, 3.8) is 0 Å². The lowest BCUT2D eigenvalue weighted by Gasteiger charge is -2.32. The number of amides is 10. The summed E-state index contributed by atoms with van der Waals surface area (Å²) in [5.41, 5.74) is 15.5. The van der Waals surface area contributed by atoms with Crippen LogP contribution in [0.1, 0.15) is 69.8 Å². The molecule has 37 heteroatoms. The van der Waals surface area contributed by atoms with Gasteiger partial charge in [-0.3, -0.25) is 52.9 Å². The van der Waals surface area contributed by atoms with Crippen molar-refractivity contribution >= 4 is 169 Å². The number of nitrogens with zero attached hydrogens (tertiary/aromatic N) is 9. The van der Waals surface area contributed by atoms with Gasteiger partial charge in [-0.25, -0.2) is 18.0 Å². The van der Waals surface area contributed by atoms with Gasteiger partial charge in [0.2, 0.25) is 10.0 Å². The van der Waals surface area contributed by atoms with Crippen LogP contribution in [0, 0.1) is 5.92 Å². The number of esters is 1. The first-order valence-corrected chi connectivity index (χ1v) is 54.7. The molecule has 0 saturated carbocycles. The Morgan fingerprint density at radius 2 is 0.695 bits per heavy atom. The zero-order chi connectivity index (χ0) is 99.8. The number of aromatic nitrogens is 1. The highest BCUT2D eigenvalue weighted by atomic mass is 32.2. The normalized spacial score (nSPS) is 15.5. The van der Waals surface area contributed by atoms with Gasteiger partial charge in [0.25, 0.3) is 0 Å². The SMILES string of the molecule is CCNC(=O)C(=O)N1CCSc2ccccc2C1.COC(=O)C(=O)N1CCSc2ccccc2C1.NC(=O)C(=O)N1CCSc2ccccc2C1.O=C(NCc1ccncc1)C(=O)N1CCSc2ccccc2C1.O=C(Nc1ccccc1)C(=O)N1CCSc2ccccc2C1.O=C(O)C(=O)N1CCSc2ccccc2C1.O=S(=O)(CCN1CCC(Cc2ccccc2)CC1)N1CCSc2ccccc2C1. The molecule has 9 aromatic carbocycles. The van der Waals surface area contributed by atoms with Crippen molar-refractivity contribution in [1.82, 2.24) is 54.2 Å². The van der Waals surface area contributed by atoms with Crippen molar-refractivity contribution in [1.29, 1.82) is 0 Å². The standard InChI is InChI=1S/C23H30N2O2S2.C17H17N3O2S.C17H16N2O2S.C13H16N2O2S.C12H13NO3S.C11H12N2O2S.C11H11NO3S/c26-29(27,25-14-16-28-23-9-5-4-8-22(23)19-25)17-15-24-12-10-21(11-13-24)18-20-6-2-1-3-7-20;21-16(19-11-13-5-7-18-8-6-13)17(22)20-9-10-23-15-4-2-1-3-14(15)12-20;20-16(18-14-7-2-1-3-8-14)17(21)19-10-11-22-15-9-5-4-6-13(15)12-19;1-2-14-12(16)13(17)15-7-8-18-11-6-4-3-5-10(11)9-15;1-16-12(15)11(14)13-6-7-17-10-5-3-2-4-9(10)8-13;12-10(14)11(15)13-5-6-16-9-4-2-1-3-8(9)7-13;13-10(11(14)15)12-5-6-16-9-4-2-1-3-8(9)7-12/h1-9,21H,10-19H2;1-8H,9-12H2,(H,19,21);1-9H,10-12H2,(H,18,20);3-6H,2,7-9H2,1H3,(H,14,16);2-5H,6-8H2,1H3;1-4H,5-7H2,(H2,12,14);1-4H,5-7H2,(H,14,15). The van der Waals surface area contributed by atoms with Gasteiger partial charge < -0.3 is 65.8 Å². The molecule has 10 aromatic rings. The van der Waals surface area contributed by atoms with Gasteiger partial charge in [0, 0.05) is 204 Å². The van der Waals surface area contributed by atoms with E-state index in [4.69, 9.17) is 10.8 Å². The maximum absolute atomic E-state index is 13.0. The number of para-hydroxylation sites is 1. The largest absolute Gasteiger partial charge is 0.474 e. The molecule has 1 aromatic heterocycles. The summed E-state index contributed by atoms with van der Waals surface area (Å²) < 4.78 is 32.1. The highest BCUT2D eigenvalue weighted by Crippen LogP contribution is 2.35. The molecule has 1 saturated heterocycles.